The fourth-order valence-corrected chi connectivity index (χ4v) is 3.59. The summed E-state index contributed by atoms with van der Waals surface area (Å²) in [5.74, 6) is -0.278. The predicted octanol–water partition coefficient (Wildman–Crippen LogP) is 2.35. The van der Waals surface area contributed by atoms with Crippen molar-refractivity contribution in [3.05, 3.63) is 48.0 Å². The molecule has 2 aliphatic rings. The molecular weight excluding hydrogens is 296 g/mol. The minimum atomic E-state index is -0.563. The first-order chi connectivity index (χ1) is 11.2. The van der Waals surface area contributed by atoms with Crippen LogP contribution in [0.2, 0.25) is 0 Å². The Hall–Kier alpha value is -1.69. The number of aliphatic hydroxyl groups is 1. The molecule has 0 aromatic heterocycles. The van der Waals surface area contributed by atoms with Gasteiger partial charge in [-0.2, -0.15) is 0 Å². The van der Waals surface area contributed by atoms with E-state index in [9.17, 15) is 9.90 Å². The summed E-state index contributed by atoms with van der Waals surface area (Å²) < 4.78 is 5.23. The monoisotopic (exact) mass is 318 g/mol. The molecule has 0 unspecified atom stereocenters. The van der Waals surface area contributed by atoms with Crippen molar-refractivity contribution < 1.29 is 24.8 Å². The zero-order valence-electron chi connectivity index (χ0n) is 12.9. The van der Waals surface area contributed by atoms with Crippen LogP contribution < -0.4 is 0 Å². The lowest BCUT2D eigenvalue weighted by Gasteiger charge is -2.17. The molecule has 0 bridgehead atoms. The molecule has 124 valence electrons. The van der Waals surface area contributed by atoms with Crippen LogP contribution >= 0.6 is 0 Å². The molecule has 5 heteroatoms. The van der Waals surface area contributed by atoms with E-state index in [1.807, 2.05) is 36.4 Å². The van der Waals surface area contributed by atoms with E-state index in [0.717, 1.165) is 6.42 Å². The zero-order valence-corrected chi connectivity index (χ0v) is 12.9. The lowest BCUT2D eigenvalue weighted by Crippen LogP contribution is -2.20. The van der Waals surface area contributed by atoms with Gasteiger partial charge in [0.1, 0.15) is 12.2 Å². The number of carbonyl (C=O) groups is 1. The Morgan fingerprint density at radius 3 is 2.87 bits per heavy atom. The smallest absolute Gasteiger partial charge is 0.306 e. The van der Waals surface area contributed by atoms with E-state index in [2.05, 4.69) is 4.89 Å². The summed E-state index contributed by atoms with van der Waals surface area (Å²) in [7, 11) is 0. The fraction of sp³-hybridized carbons (Fsp3) is 0.500. The van der Waals surface area contributed by atoms with E-state index in [0.29, 0.717) is 19.3 Å². The standard InChI is InChI=1S/C18H22O5/c19-13(7-6-12-4-2-1-3-5-12)8-9-14-15-10-18(20)22-16(15)11-17(14)23-21/h1-5,8-9,13-17,19,21H,6-7,10-11H2/b9-8+/t13-,14+,15+,16-,17+/m0/s1. The minimum absolute atomic E-state index is 0.0252. The van der Waals surface area contributed by atoms with E-state index in [1.54, 1.807) is 6.08 Å². The van der Waals surface area contributed by atoms with E-state index in [4.69, 9.17) is 9.99 Å². The molecule has 1 aliphatic carbocycles. The highest BCUT2D eigenvalue weighted by Gasteiger charge is 2.49. The van der Waals surface area contributed by atoms with Crippen molar-refractivity contribution in [2.24, 2.45) is 11.8 Å². The molecule has 0 spiro atoms. The fourth-order valence-electron chi connectivity index (χ4n) is 3.59. The molecule has 0 amide bonds. The molecule has 1 aliphatic heterocycles. The van der Waals surface area contributed by atoms with Crippen molar-refractivity contribution in [3.63, 3.8) is 0 Å². The molecule has 2 fully saturated rings. The van der Waals surface area contributed by atoms with Crippen molar-refractivity contribution in [2.75, 3.05) is 0 Å². The van der Waals surface area contributed by atoms with Crippen molar-refractivity contribution in [3.8, 4) is 0 Å². The quantitative estimate of drug-likeness (QED) is 0.364. The summed E-state index contributed by atoms with van der Waals surface area (Å²) >= 11 is 0. The first-order valence-electron chi connectivity index (χ1n) is 8.07. The second-order valence-corrected chi connectivity index (χ2v) is 6.33. The first kappa shape index (κ1) is 16.2. The maximum atomic E-state index is 11.4. The lowest BCUT2D eigenvalue weighted by atomic mass is 9.91. The van der Waals surface area contributed by atoms with Gasteiger partial charge in [0.05, 0.1) is 12.5 Å². The molecule has 1 saturated carbocycles. The highest BCUT2D eigenvalue weighted by Crippen LogP contribution is 2.43. The Bertz CT molecular complexity index is 556. The van der Waals surface area contributed by atoms with Crippen LogP contribution in [0.15, 0.2) is 42.5 Å². The molecule has 1 heterocycles. The van der Waals surface area contributed by atoms with Gasteiger partial charge in [-0.15, -0.1) is 0 Å². The van der Waals surface area contributed by atoms with Crippen molar-refractivity contribution in [2.45, 2.75) is 44.0 Å². The number of ether oxygens (including phenoxy) is 1. The number of rotatable bonds is 6. The van der Waals surface area contributed by atoms with Crippen LogP contribution in [0.1, 0.15) is 24.8 Å². The number of aryl methyl sites for hydroxylation is 1. The van der Waals surface area contributed by atoms with Gasteiger partial charge in [-0.05, 0) is 18.4 Å². The number of aliphatic hydroxyl groups excluding tert-OH is 1. The Morgan fingerprint density at radius 2 is 2.13 bits per heavy atom. The maximum absolute atomic E-state index is 11.4. The lowest BCUT2D eigenvalue weighted by molar-refractivity contribution is -0.284. The highest BCUT2D eigenvalue weighted by atomic mass is 17.1. The van der Waals surface area contributed by atoms with Crippen molar-refractivity contribution in [1.82, 2.24) is 0 Å². The second kappa shape index (κ2) is 7.25. The van der Waals surface area contributed by atoms with Gasteiger partial charge in [0.15, 0.2) is 0 Å². The average Bonchev–Trinajstić information content (AvgIpc) is 3.07. The van der Waals surface area contributed by atoms with Crippen LogP contribution in [0.3, 0.4) is 0 Å². The van der Waals surface area contributed by atoms with Gasteiger partial charge in [-0.1, -0.05) is 42.5 Å². The molecule has 1 aromatic carbocycles. The van der Waals surface area contributed by atoms with Gasteiger partial charge in [0, 0.05) is 18.3 Å². The average molecular weight is 318 g/mol. The topological polar surface area (TPSA) is 76.0 Å². The SMILES string of the molecule is O=C1C[C@@H]2[C@@H](/C=C/[C@@H](O)CCc3ccccc3)[C@H](OO)C[C@@H]2O1. The number of fused-ring (bicyclic) bond motifs is 1. The summed E-state index contributed by atoms with van der Waals surface area (Å²) in [4.78, 5) is 15.9. The molecule has 0 radical (unpaired) electrons. The first-order valence-corrected chi connectivity index (χ1v) is 8.07. The molecule has 1 saturated heterocycles. The molecule has 2 N–H and O–H groups in total. The van der Waals surface area contributed by atoms with Gasteiger partial charge in [-0.3, -0.25) is 10.1 Å². The molecular formula is C18H22O5. The zero-order chi connectivity index (χ0) is 16.2. The summed E-state index contributed by atoms with van der Waals surface area (Å²) in [6, 6.07) is 10.0. The number of benzene rings is 1. The predicted molar refractivity (Wildman–Crippen MR) is 83.5 cm³/mol. The van der Waals surface area contributed by atoms with Crippen LogP contribution in [0.25, 0.3) is 0 Å². The molecule has 3 rings (SSSR count). The van der Waals surface area contributed by atoms with Crippen LogP contribution in [0.4, 0.5) is 0 Å². The van der Waals surface area contributed by atoms with Crippen LogP contribution in [-0.2, 0) is 20.8 Å². The normalized spacial score (nSPS) is 31.3. The summed E-state index contributed by atoms with van der Waals surface area (Å²) in [6.45, 7) is 0. The van der Waals surface area contributed by atoms with E-state index in [-0.39, 0.29) is 30.0 Å². The number of carbonyl (C=O) groups excluding carboxylic acids is 1. The molecule has 5 nitrogen and oxygen atoms in total. The van der Waals surface area contributed by atoms with Crippen LogP contribution in [0.5, 0.6) is 0 Å². The maximum Gasteiger partial charge on any atom is 0.306 e. The van der Waals surface area contributed by atoms with Gasteiger partial charge in [0.25, 0.3) is 0 Å². The Labute approximate surface area is 135 Å². The van der Waals surface area contributed by atoms with E-state index >= 15 is 0 Å². The molecule has 23 heavy (non-hydrogen) atoms. The van der Waals surface area contributed by atoms with Crippen molar-refractivity contribution >= 4 is 5.97 Å². The largest absolute Gasteiger partial charge is 0.462 e. The minimum Gasteiger partial charge on any atom is -0.462 e. The van der Waals surface area contributed by atoms with Crippen LogP contribution in [0, 0.1) is 11.8 Å². The molecule has 1 aromatic rings. The van der Waals surface area contributed by atoms with Gasteiger partial charge in [0.2, 0.25) is 0 Å². The second-order valence-electron chi connectivity index (χ2n) is 6.33. The van der Waals surface area contributed by atoms with Crippen LogP contribution in [-0.4, -0.2) is 34.6 Å². The summed E-state index contributed by atoms with van der Waals surface area (Å²) in [5.41, 5.74) is 1.19. The molecule has 5 atom stereocenters. The van der Waals surface area contributed by atoms with E-state index < -0.39 is 6.10 Å². The van der Waals surface area contributed by atoms with E-state index in [1.165, 1.54) is 5.56 Å². The number of esters is 1. The van der Waals surface area contributed by atoms with Gasteiger partial charge < -0.3 is 9.84 Å². The Kier molecular flexibility index (Phi) is 5.10. The summed E-state index contributed by atoms with van der Waals surface area (Å²) in [5, 5.41) is 19.2. The summed E-state index contributed by atoms with van der Waals surface area (Å²) in [6.07, 6.45) is 4.75. The highest BCUT2D eigenvalue weighted by molar-refractivity contribution is 5.72. The number of hydrogen-bond donors (Lipinski definition) is 2. The van der Waals surface area contributed by atoms with Gasteiger partial charge in [-0.25, -0.2) is 4.89 Å². The third-order valence-electron chi connectivity index (χ3n) is 4.81. The third kappa shape index (κ3) is 3.80. The Morgan fingerprint density at radius 1 is 1.35 bits per heavy atom. The van der Waals surface area contributed by atoms with Gasteiger partial charge >= 0.3 is 5.97 Å². The Balaban J connectivity index is 1.56. The third-order valence-corrected chi connectivity index (χ3v) is 4.81. The number of hydrogen-bond acceptors (Lipinski definition) is 5. The van der Waals surface area contributed by atoms with Crippen molar-refractivity contribution in [1.29, 1.82) is 0 Å².